The molecule has 0 spiro atoms. The second kappa shape index (κ2) is 10.5. The van der Waals surface area contributed by atoms with Gasteiger partial charge in [-0.3, -0.25) is 9.69 Å². The minimum Gasteiger partial charge on any atom is -0.449 e. The molecule has 0 aliphatic carbocycles. The van der Waals surface area contributed by atoms with Gasteiger partial charge in [0, 0.05) is 16.9 Å². The lowest BCUT2D eigenvalue weighted by atomic mass is 10.1. The van der Waals surface area contributed by atoms with Crippen LogP contribution in [0.1, 0.15) is 29.3 Å². The Morgan fingerprint density at radius 3 is 2.08 bits per heavy atom. The maximum atomic E-state index is 13.7. The summed E-state index contributed by atoms with van der Waals surface area (Å²) in [5, 5.41) is 0. The molecule has 4 aromatic carbocycles. The highest BCUT2D eigenvalue weighted by Gasteiger charge is 2.29. The van der Waals surface area contributed by atoms with Crippen LogP contribution in [0, 0.1) is 6.92 Å². The first kappa shape index (κ1) is 24.0. The summed E-state index contributed by atoms with van der Waals surface area (Å²) in [5.74, 6) is -0.143. The van der Waals surface area contributed by atoms with Gasteiger partial charge in [-0.2, -0.15) is 0 Å². The smallest absolute Gasteiger partial charge is 0.338 e. The Hall–Kier alpha value is -4.71. The number of benzene rings is 4. The topological polar surface area (TPSA) is 75.3 Å². The number of aryl methyl sites for hydroxylation is 1. The lowest BCUT2D eigenvalue weighted by Gasteiger charge is -2.27. The zero-order valence-electron chi connectivity index (χ0n) is 20.7. The van der Waals surface area contributed by atoms with Crippen LogP contribution >= 0.6 is 0 Å². The number of H-pyrrole nitrogens is 1. The molecular formula is C31H27N3O3. The van der Waals surface area contributed by atoms with Crippen molar-refractivity contribution in [2.75, 3.05) is 4.90 Å². The van der Waals surface area contributed by atoms with Crippen LogP contribution in [0.3, 0.4) is 0 Å². The van der Waals surface area contributed by atoms with Gasteiger partial charge in [-0.15, -0.1) is 0 Å². The predicted molar refractivity (Wildman–Crippen MR) is 146 cm³/mol. The average Bonchev–Trinajstić information content (AvgIpc) is 3.37. The molecule has 1 unspecified atom stereocenters. The molecule has 0 radical (unpaired) electrons. The van der Waals surface area contributed by atoms with Crippen LogP contribution in [0.2, 0.25) is 0 Å². The molecule has 5 aromatic rings. The molecule has 1 heterocycles. The minimum atomic E-state index is -0.950. The highest BCUT2D eigenvalue weighted by Crippen LogP contribution is 2.28. The molecule has 0 aliphatic rings. The van der Waals surface area contributed by atoms with Crippen LogP contribution in [-0.2, 0) is 9.53 Å². The summed E-state index contributed by atoms with van der Waals surface area (Å²) in [4.78, 5) is 36.3. The zero-order valence-corrected chi connectivity index (χ0v) is 20.7. The number of hydrogen-bond donors (Lipinski definition) is 1. The van der Waals surface area contributed by atoms with E-state index >= 15 is 0 Å². The number of carbonyl (C=O) groups is 2. The first-order valence-electron chi connectivity index (χ1n) is 12.3. The van der Waals surface area contributed by atoms with E-state index in [-0.39, 0.29) is 5.91 Å². The fraction of sp³-hybridized carbons (Fsp3) is 0.129. The fourth-order valence-electron chi connectivity index (χ4n) is 4.19. The highest BCUT2D eigenvalue weighted by atomic mass is 16.5. The molecule has 0 bridgehead atoms. The van der Waals surface area contributed by atoms with E-state index in [1.165, 1.54) is 5.56 Å². The Bertz CT molecular complexity index is 1490. The van der Waals surface area contributed by atoms with Gasteiger partial charge in [0.15, 0.2) is 6.10 Å². The number of aromatic nitrogens is 2. The van der Waals surface area contributed by atoms with Crippen LogP contribution in [0.5, 0.6) is 0 Å². The third-order valence-electron chi connectivity index (χ3n) is 6.19. The third kappa shape index (κ3) is 5.14. The standard InChI is InChI=1S/C31H27N3O3/c1-3-28(30(35)34(24-10-6-4-7-11-24)25-12-8-5-9-13-25)37-31(36)23-18-19-26-27(20-23)33-29(32-26)22-16-14-21(2)15-17-22/h4-20,28H,3H2,1-2H3,(H,32,33). The van der Waals surface area contributed by atoms with Crippen molar-refractivity contribution in [2.45, 2.75) is 26.4 Å². The second-order valence-electron chi connectivity index (χ2n) is 8.83. The monoisotopic (exact) mass is 489 g/mol. The number of esters is 1. The largest absolute Gasteiger partial charge is 0.449 e. The normalized spacial score (nSPS) is 11.7. The Labute approximate surface area is 215 Å². The number of carbonyl (C=O) groups excluding carboxylic acids is 2. The number of fused-ring (bicyclic) bond motifs is 1. The van der Waals surface area contributed by atoms with Crippen molar-refractivity contribution < 1.29 is 14.3 Å². The summed E-state index contributed by atoms with van der Waals surface area (Å²) in [6, 6.07) is 31.9. The fourth-order valence-corrected chi connectivity index (χ4v) is 4.19. The van der Waals surface area contributed by atoms with Crippen molar-refractivity contribution in [1.29, 1.82) is 0 Å². The van der Waals surface area contributed by atoms with Gasteiger partial charge < -0.3 is 9.72 Å². The number of nitrogens with one attached hydrogen (secondary N) is 1. The minimum absolute atomic E-state index is 0.308. The van der Waals surface area contributed by atoms with Crippen molar-refractivity contribution in [2.24, 2.45) is 0 Å². The van der Waals surface area contributed by atoms with E-state index in [9.17, 15) is 9.59 Å². The van der Waals surface area contributed by atoms with Gasteiger partial charge in [0.2, 0.25) is 0 Å². The summed E-state index contributed by atoms with van der Waals surface area (Å²) >= 11 is 0. The summed E-state index contributed by atoms with van der Waals surface area (Å²) in [6.45, 7) is 3.86. The van der Waals surface area contributed by atoms with Crippen LogP contribution in [-0.4, -0.2) is 27.9 Å². The zero-order chi connectivity index (χ0) is 25.8. The number of anilines is 2. The lowest BCUT2D eigenvalue weighted by Crippen LogP contribution is -2.38. The van der Waals surface area contributed by atoms with Crippen molar-refractivity contribution in [1.82, 2.24) is 9.97 Å². The van der Waals surface area contributed by atoms with E-state index in [1.54, 1.807) is 23.1 Å². The van der Waals surface area contributed by atoms with Gasteiger partial charge in [-0.1, -0.05) is 73.2 Å². The van der Waals surface area contributed by atoms with Gasteiger partial charge >= 0.3 is 5.97 Å². The second-order valence-corrected chi connectivity index (χ2v) is 8.83. The molecule has 1 atom stereocenters. The number of amides is 1. The van der Waals surface area contributed by atoms with Crippen molar-refractivity contribution in [3.63, 3.8) is 0 Å². The Morgan fingerprint density at radius 1 is 0.865 bits per heavy atom. The predicted octanol–water partition coefficient (Wildman–Crippen LogP) is 6.84. The number of ether oxygens (including phenoxy) is 1. The Balaban J connectivity index is 1.39. The number of imidazole rings is 1. The summed E-state index contributed by atoms with van der Waals surface area (Å²) in [6.07, 6.45) is -0.613. The molecule has 0 fully saturated rings. The van der Waals surface area contributed by atoms with Crippen molar-refractivity contribution in [3.05, 3.63) is 114 Å². The lowest BCUT2D eigenvalue weighted by molar-refractivity contribution is -0.126. The molecule has 6 nitrogen and oxygen atoms in total. The van der Waals surface area contributed by atoms with E-state index < -0.39 is 12.1 Å². The molecule has 1 N–H and O–H groups in total. The molecule has 0 saturated heterocycles. The molecule has 1 aromatic heterocycles. The molecule has 184 valence electrons. The number of aromatic amines is 1. The van der Waals surface area contributed by atoms with Crippen LogP contribution in [0.4, 0.5) is 11.4 Å². The van der Waals surface area contributed by atoms with E-state index in [0.717, 1.165) is 22.4 Å². The molecule has 37 heavy (non-hydrogen) atoms. The number of hydrogen-bond acceptors (Lipinski definition) is 4. The third-order valence-corrected chi connectivity index (χ3v) is 6.19. The molecular weight excluding hydrogens is 462 g/mol. The van der Waals surface area contributed by atoms with Crippen molar-refractivity contribution in [3.8, 4) is 11.4 Å². The van der Waals surface area contributed by atoms with Crippen LogP contribution in [0.15, 0.2) is 103 Å². The molecule has 6 heteroatoms. The van der Waals surface area contributed by atoms with E-state index in [2.05, 4.69) is 9.97 Å². The average molecular weight is 490 g/mol. The molecule has 1 amide bonds. The quantitative estimate of drug-likeness (QED) is 0.254. The van der Waals surface area contributed by atoms with Gasteiger partial charge in [0.25, 0.3) is 5.91 Å². The maximum absolute atomic E-state index is 13.7. The first-order chi connectivity index (χ1) is 18.0. The van der Waals surface area contributed by atoms with Gasteiger partial charge in [0.05, 0.1) is 16.6 Å². The number of para-hydroxylation sites is 2. The van der Waals surface area contributed by atoms with E-state index in [0.29, 0.717) is 23.4 Å². The van der Waals surface area contributed by atoms with Crippen LogP contribution in [0.25, 0.3) is 22.4 Å². The first-order valence-corrected chi connectivity index (χ1v) is 12.3. The Kier molecular flexibility index (Phi) is 6.81. The SMILES string of the molecule is CCC(OC(=O)c1ccc2nc(-c3ccc(C)cc3)[nH]c2c1)C(=O)N(c1ccccc1)c1ccccc1. The highest BCUT2D eigenvalue weighted by molar-refractivity contribution is 6.04. The van der Waals surface area contributed by atoms with Crippen molar-refractivity contribution >= 4 is 34.3 Å². The summed E-state index contributed by atoms with van der Waals surface area (Å²) in [7, 11) is 0. The van der Waals surface area contributed by atoms with E-state index in [4.69, 9.17) is 4.74 Å². The van der Waals surface area contributed by atoms with Gasteiger partial charge in [-0.25, -0.2) is 9.78 Å². The molecule has 5 rings (SSSR count). The van der Waals surface area contributed by atoms with Gasteiger partial charge in [-0.05, 0) is 55.8 Å². The number of nitrogens with zero attached hydrogens (tertiary/aromatic N) is 2. The maximum Gasteiger partial charge on any atom is 0.338 e. The molecule has 0 saturated carbocycles. The van der Waals surface area contributed by atoms with Crippen LogP contribution < -0.4 is 4.90 Å². The summed E-state index contributed by atoms with van der Waals surface area (Å²) in [5.41, 5.74) is 5.36. The molecule has 0 aliphatic heterocycles. The van der Waals surface area contributed by atoms with E-state index in [1.807, 2.05) is 98.8 Å². The summed E-state index contributed by atoms with van der Waals surface area (Å²) < 4.78 is 5.76. The Morgan fingerprint density at radius 2 is 1.49 bits per heavy atom. The number of rotatable bonds is 7. The van der Waals surface area contributed by atoms with Gasteiger partial charge in [0.1, 0.15) is 5.82 Å².